The predicted octanol–water partition coefficient (Wildman–Crippen LogP) is 0.945. The van der Waals surface area contributed by atoms with Crippen LogP contribution in [0.5, 0.6) is 0 Å². The van der Waals surface area contributed by atoms with Crippen molar-refractivity contribution >= 4 is 29.3 Å². The number of nitrogens with two attached hydrogens (primary N) is 1. The van der Waals surface area contributed by atoms with Gasteiger partial charge in [-0.1, -0.05) is 0 Å². The van der Waals surface area contributed by atoms with Crippen molar-refractivity contribution in [3.63, 3.8) is 0 Å². The van der Waals surface area contributed by atoms with Crippen LogP contribution in [0.15, 0.2) is 17.5 Å². The first kappa shape index (κ1) is 9.47. The van der Waals surface area contributed by atoms with Crippen LogP contribution in [0.4, 0.5) is 0 Å². The molecule has 13 heavy (non-hydrogen) atoms. The van der Waals surface area contributed by atoms with Crippen LogP contribution in [0.25, 0.3) is 6.08 Å². The van der Waals surface area contributed by atoms with E-state index >= 15 is 0 Å². The molecule has 0 saturated carbocycles. The van der Waals surface area contributed by atoms with Gasteiger partial charge in [-0.25, -0.2) is 4.79 Å². The average Bonchev–Trinajstić information content (AvgIpc) is 2.47. The summed E-state index contributed by atoms with van der Waals surface area (Å²) in [5.41, 5.74) is 5.36. The number of carbonyl (C=O) groups is 2. The molecule has 4 nitrogen and oxygen atoms in total. The van der Waals surface area contributed by atoms with Gasteiger partial charge in [0.25, 0.3) is 0 Å². The van der Waals surface area contributed by atoms with Crippen LogP contribution in [0.1, 0.15) is 15.2 Å². The first-order valence-corrected chi connectivity index (χ1v) is 4.27. The van der Waals surface area contributed by atoms with Gasteiger partial charge in [0.1, 0.15) is 4.88 Å². The van der Waals surface area contributed by atoms with Gasteiger partial charge in [-0.2, -0.15) is 0 Å². The Morgan fingerprint density at radius 1 is 1.54 bits per heavy atom. The Hall–Kier alpha value is -1.62. The average molecular weight is 197 g/mol. The first-order chi connectivity index (χ1) is 6.11. The van der Waals surface area contributed by atoms with E-state index in [9.17, 15) is 9.59 Å². The standard InChI is InChI=1S/C8H7NO3S/c9-6(10)2-1-5-3-4-13-7(5)8(11)12/h1-4H,(H2,9,10)(H,11,12). The zero-order valence-corrected chi connectivity index (χ0v) is 7.38. The van der Waals surface area contributed by atoms with Gasteiger partial charge in [0, 0.05) is 11.6 Å². The van der Waals surface area contributed by atoms with Gasteiger partial charge in [0.2, 0.25) is 5.91 Å². The monoisotopic (exact) mass is 197 g/mol. The lowest BCUT2D eigenvalue weighted by molar-refractivity contribution is -0.113. The molecule has 0 unspecified atom stereocenters. The molecule has 0 aliphatic rings. The van der Waals surface area contributed by atoms with E-state index in [1.54, 1.807) is 11.4 Å². The number of amides is 1. The number of carbonyl (C=O) groups excluding carboxylic acids is 1. The smallest absolute Gasteiger partial charge is 0.346 e. The van der Waals surface area contributed by atoms with E-state index in [0.29, 0.717) is 5.56 Å². The van der Waals surface area contributed by atoms with Gasteiger partial charge in [-0.3, -0.25) is 4.79 Å². The fourth-order valence-corrected chi connectivity index (χ4v) is 1.52. The molecule has 1 amide bonds. The van der Waals surface area contributed by atoms with Crippen LogP contribution in [-0.2, 0) is 4.79 Å². The van der Waals surface area contributed by atoms with E-state index in [1.165, 1.54) is 6.08 Å². The zero-order valence-electron chi connectivity index (χ0n) is 6.56. The summed E-state index contributed by atoms with van der Waals surface area (Å²) in [5, 5.41) is 10.3. The molecule has 0 aliphatic heterocycles. The summed E-state index contributed by atoms with van der Waals surface area (Å²) in [7, 11) is 0. The quantitative estimate of drug-likeness (QED) is 0.708. The number of carboxylic acids is 1. The molecule has 1 aromatic heterocycles. The van der Waals surface area contributed by atoms with E-state index in [2.05, 4.69) is 0 Å². The Morgan fingerprint density at radius 2 is 2.23 bits per heavy atom. The summed E-state index contributed by atoms with van der Waals surface area (Å²) in [5.74, 6) is -1.60. The van der Waals surface area contributed by atoms with Crippen LogP contribution in [-0.4, -0.2) is 17.0 Å². The van der Waals surface area contributed by atoms with Crippen LogP contribution in [0.2, 0.25) is 0 Å². The highest BCUT2D eigenvalue weighted by Gasteiger charge is 2.08. The second-order valence-corrected chi connectivity index (χ2v) is 3.16. The number of primary amides is 1. The van der Waals surface area contributed by atoms with Crippen molar-refractivity contribution in [2.24, 2.45) is 5.73 Å². The summed E-state index contributed by atoms with van der Waals surface area (Å²) in [6.07, 6.45) is 2.52. The molecular weight excluding hydrogens is 190 g/mol. The highest BCUT2D eigenvalue weighted by atomic mass is 32.1. The van der Waals surface area contributed by atoms with Crippen LogP contribution in [0, 0.1) is 0 Å². The van der Waals surface area contributed by atoms with E-state index in [1.807, 2.05) is 0 Å². The molecule has 0 spiro atoms. The van der Waals surface area contributed by atoms with Crippen molar-refractivity contribution in [2.45, 2.75) is 0 Å². The number of rotatable bonds is 3. The van der Waals surface area contributed by atoms with E-state index in [-0.39, 0.29) is 4.88 Å². The Balaban J connectivity index is 2.95. The minimum absolute atomic E-state index is 0.206. The molecule has 0 fully saturated rings. The molecule has 0 atom stereocenters. The molecule has 1 rings (SSSR count). The number of hydrogen-bond acceptors (Lipinski definition) is 3. The summed E-state index contributed by atoms with van der Waals surface area (Å²) in [4.78, 5) is 21.2. The molecule has 3 N–H and O–H groups in total. The first-order valence-electron chi connectivity index (χ1n) is 3.39. The number of thiophene rings is 1. The van der Waals surface area contributed by atoms with Gasteiger partial charge in [-0.15, -0.1) is 11.3 Å². The molecule has 0 saturated heterocycles. The minimum atomic E-state index is -1.00. The highest BCUT2D eigenvalue weighted by Crippen LogP contribution is 2.17. The van der Waals surface area contributed by atoms with E-state index < -0.39 is 11.9 Å². The molecule has 1 aromatic rings. The molecule has 0 aliphatic carbocycles. The Labute approximate surface area is 78.3 Å². The van der Waals surface area contributed by atoms with Gasteiger partial charge in [-0.05, 0) is 17.5 Å². The lowest BCUT2D eigenvalue weighted by Gasteiger charge is -1.89. The molecule has 68 valence electrons. The van der Waals surface area contributed by atoms with Gasteiger partial charge in [0.05, 0.1) is 0 Å². The Kier molecular flexibility index (Phi) is 2.81. The van der Waals surface area contributed by atoms with Crippen molar-refractivity contribution < 1.29 is 14.7 Å². The van der Waals surface area contributed by atoms with Crippen molar-refractivity contribution in [3.05, 3.63) is 28.0 Å². The van der Waals surface area contributed by atoms with Crippen molar-refractivity contribution in [1.29, 1.82) is 0 Å². The van der Waals surface area contributed by atoms with Gasteiger partial charge >= 0.3 is 5.97 Å². The van der Waals surface area contributed by atoms with E-state index in [0.717, 1.165) is 17.4 Å². The summed E-state index contributed by atoms with van der Waals surface area (Å²) >= 11 is 1.11. The topological polar surface area (TPSA) is 80.4 Å². The highest BCUT2D eigenvalue weighted by molar-refractivity contribution is 7.12. The SMILES string of the molecule is NC(=O)C=Cc1ccsc1C(=O)O. The lowest BCUT2D eigenvalue weighted by Crippen LogP contribution is -2.05. The predicted molar refractivity (Wildman–Crippen MR) is 49.5 cm³/mol. The second-order valence-electron chi connectivity index (χ2n) is 2.25. The maximum Gasteiger partial charge on any atom is 0.346 e. The fraction of sp³-hybridized carbons (Fsp3) is 0. The van der Waals surface area contributed by atoms with Crippen molar-refractivity contribution in [3.8, 4) is 0 Å². The molecule has 0 aromatic carbocycles. The molecule has 1 heterocycles. The maximum absolute atomic E-state index is 10.6. The molecule has 0 bridgehead atoms. The van der Waals surface area contributed by atoms with Crippen molar-refractivity contribution in [2.75, 3.05) is 0 Å². The van der Waals surface area contributed by atoms with E-state index in [4.69, 9.17) is 10.8 Å². The summed E-state index contributed by atoms with van der Waals surface area (Å²) in [6.45, 7) is 0. The summed E-state index contributed by atoms with van der Waals surface area (Å²) < 4.78 is 0. The van der Waals surface area contributed by atoms with Crippen LogP contribution in [0.3, 0.4) is 0 Å². The Morgan fingerprint density at radius 3 is 2.77 bits per heavy atom. The maximum atomic E-state index is 10.6. The molecule has 5 heteroatoms. The third kappa shape index (κ3) is 2.41. The second kappa shape index (κ2) is 3.86. The third-order valence-electron chi connectivity index (χ3n) is 1.32. The summed E-state index contributed by atoms with van der Waals surface area (Å²) in [6, 6.07) is 1.62. The van der Waals surface area contributed by atoms with Crippen molar-refractivity contribution in [1.82, 2.24) is 0 Å². The van der Waals surface area contributed by atoms with Gasteiger partial charge in [0.15, 0.2) is 0 Å². The fourth-order valence-electron chi connectivity index (χ4n) is 0.796. The molecular formula is C8H7NO3S. The molecule has 0 radical (unpaired) electrons. The number of aromatic carboxylic acids is 1. The normalized spacial score (nSPS) is 10.5. The van der Waals surface area contributed by atoms with Gasteiger partial charge < -0.3 is 10.8 Å². The third-order valence-corrected chi connectivity index (χ3v) is 2.24. The zero-order chi connectivity index (χ0) is 9.84. The largest absolute Gasteiger partial charge is 0.477 e. The Bertz CT molecular complexity index is 367. The number of hydrogen-bond donors (Lipinski definition) is 2. The van der Waals surface area contributed by atoms with Crippen LogP contribution >= 0.6 is 11.3 Å². The van der Waals surface area contributed by atoms with Crippen LogP contribution < -0.4 is 5.73 Å². The lowest BCUT2D eigenvalue weighted by atomic mass is 10.2. The minimum Gasteiger partial charge on any atom is -0.477 e. The number of carboxylic acid groups (broad SMARTS) is 1.